The monoisotopic (exact) mass is 438 g/mol. The number of thioether (sulfide) groups is 1. The highest BCUT2D eigenvalue weighted by atomic mass is 35.5. The standard InChI is InChI=1S/C20H23ClN2O3S2/c1-13-4-6-16(10-14(13)2)28(25,26)23(3)12-20(24)22-18-8-9-27-19-7-5-15(21)11-17(18)19/h4-7,10-11,18H,8-9,12H2,1-3H3,(H,22,24). The molecule has 1 N–H and O–H groups in total. The molecule has 8 heteroatoms. The molecule has 0 spiro atoms. The van der Waals surface area contributed by atoms with Crippen LogP contribution in [0.1, 0.15) is 29.2 Å². The molecular formula is C20H23ClN2O3S2. The van der Waals surface area contributed by atoms with Crippen LogP contribution in [0.25, 0.3) is 0 Å². The second kappa shape index (κ2) is 8.45. The summed E-state index contributed by atoms with van der Waals surface area (Å²) in [6.07, 6.45) is 0.775. The fourth-order valence-corrected chi connectivity index (χ4v) is 5.60. The number of carbonyl (C=O) groups excluding carboxylic acids is 1. The number of fused-ring (bicyclic) bond motifs is 1. The minimum absolute atomic E-state index is 0.167. The van der Waals surface area contributed by atoms with Gasteiger partial charge in [-0.1, -0.05) is 17.7 Å². The van der Waals surface area contributed by atoms with Crippen molar-refractivity contribution in [3.05, 3.63) is 58.1 Å². The second-order valence-electron chi connectivity index (χ2n) is 6.95. The zero-order chi connectivity index (χ0) is 20.5. The minimum Gasteiger partial charge on any atom is -0.348 e. The van der Waals surface area contributed by atoms with Gasteiger partial charge in [0.15, 0.2) is 0 Å². The van der Waals surface area contributed by atoms with Crippen molar-refractivity contribution in [3.8, 4) is 0 Å². The average molecular weight is 439 g/mol. The lowest BCUT2D eigenvalue weighted by Crippen LogP contribution is -2.40. The van der Waals surface area contributed by atoms with Crippen LogP contribution in [-0.4, -0.2) is 38.0 Å². The van der Waals surface area contributed by atoms with Crippen molar-refractivity contribution < 1.29 is 13.2 Å². The summed E-state index contributed by atoms with van der Waals surface area (Å²) in [4.78, 5) is 13.8. The predicted octanol–water partition coefficient (Wildman–Crippen LogP) is 3.93. The van der Waals surface area contributed by atoms with Crippen LogP contribution in [0.3, 0.4) is 0 Å². The van der Waals surface area contributed by atoms with E-state index in [4.69, 9.17) is 11.6 Å². The molecule has 1 amide bonds. The molecule has 1 heterocycles. The van der Waals surface area contributed by atoms with Gasteiger partial charge in [0, 0.05) is 22.7 Å². The van der Waals surface area contributed by atoms with E-state index in [-0.39, 0.29) is 23.4 Å². The third-order valence-corrected chi connectivity index (χ3v) is 8.06. The lowest BCUT2D eigenvalue weighted by atomic mass is 10.0. The maximum absolute atomic E-state index is 12.8. The Bertz CT molecular complexity index is 1010. The van der Waals surface area contributed by atoms with Crippen molar-refractivity contribution in [1.82, 2.24) is 9.62 Å². The molecule has 1 aliphatic rings. The van der Waals surface area contributed by atoms with Gasteiger partial charge in [-0.15, -0.1) is 11.8 Å². The number of nitrogens with zero attached hydrogens (tertiary/aromatic N) is 1. The lowest BCUT2D eigenvalue weighted by molar-refractivity contribution is -0.121. The summed E-state index contributed by atoms with van der Waals surface area (Å²) < 4.78 is 26.7. The topological polar surface area (TPSA) is 66.5 Å². The highest BCUT2D eigenvalue weighted by Crippen LogP contribution is 2.37. The molecule has 0 saturated carbocycles. The van der Waals surface area contributed by atoms with Gasteiger partial charge in [0.05, 0.1) is 17.5 Å². The maximum Gasteiger partial charge on any atom is 0.243 e. The summed E-state index contributed by atoms with van der Waals surface area (Å²) in [5, 5.41) is 3.58. The Morgan fingerprint density at radius 2 is 1.96 bits per heavy atom. The Morgan fingerprint density at radius 1 is 1.21 bits per heavy atom. The molecule has 0 aliphatic carbocycles. The second-order valence-corrected chi connectivity index (χ2v) is 10.6. The molecule has 0 radical (unpaired) electrons. The van der Waals surface area contributed by atoms with E-state index in [9.17, 15) is 13.2 Å². The number of halogens is 1. The third-order valence-electron chi connectivity index (χ3n) is 4.90. The SMILES string of the molecule is Cc1ccc(S(=O)(=O)N(C)CC(=O)NC2CCSc3ccc(Cl)cc32)cc1C. The molecule has 1 atom stereocenters. The minimum atomic E-state index is -3.73. The predicted molar refractivity (Wildman–Crippen MR) is 113 cm³/mol. The Morgan fingerprint density at radius 3 is 2.68 bits per heavy atom. The zero-order valence-electron chi connectivity index (χ0n) is 16.0. The van der Waals surface area contributed by atoms with Gasteiger partial charge in [-0.3, -0.25) is 4.79 Å². The van der Waals surface area contributed by atoms with Crippen molar-refractivity contribution in [3.63, 3.8) is 0 Å². The van der Waals surface area contributed by atoms with Gasteiger partial charge in [-0.05, 0) is 67.3 Å². The summed E-state index contributed by atoms with van der Waals surface area (Å²) >= 11 is 7.83. The quantitative estimate of drug-likeness (QED) is 0.768. The van der Waals surface area contributed by atoms with Crippen molar-refractivity contribution in [2.24, 2.45) is 0 Å². The van der Waals surface area contributed by atoms with E-state index in [1.807, 2.05) is 32.0 Å². The first-order valence-corrected chi connectivity index (χ1v) is 11.7. The molecule has 0 bridgehead atoms. The first-order chi connectivity index (χ1) is 13.2. The number of nitrogens with one attached hydrogen (secondary N) is 1. The summed E-state index contributed by atoms with van der Waals surface area (Å²) in [6.45, 7) is 3.55. The van der Waals surface area contributed by atoms with Crippen LogP contribution in [0, 0.1) is 13.8 Å². The van der Waals surface area contributed by atoms with E-state index in [0.717, 1.165) is 38.1 Å². The van der Waals surface area contributed by atoms with Crippen LogP contribution in [0.15, 0.2) is 46.2 Å². The average Bonchev–Trinajstić information content (AvgIpc) is 2.64. The van der Waals surface area contributed by atoms with Crippen molar-refractivity contribution in [1.29, 1.82) is 0 Å². The fourth-order valence-electron chi connectivity index (χ4n) is 3.10. The van der Waals surface area contributed by atoms with Crippen LogP contribution in [0.2, 0.25) is 5.02 Å². The molecule has 0 saturated heterocycles. The van der Waals surface area contributed by atoms with E-state index in [1.165, 1.54) is 7.05 Å². The largest absolute Gasteiger partial charge is 0.348 e. The molecule has 28 heavy (non-hydrogen) atoms. The van der Waals surface area contributed by atoms with Crippen LogP contribution in [0.4, 0.5) is 0 Å². The Kier molecular flexibility index (Phi) is 6.39. The molecule has 2 aromatic rings. The van der Waals surface area contributed by atoms with E-state index in [1.54, 1.807) is 30.0 Å². The number of amides is 1. The first kappa shape index (κ1) is 21.2. The Hall–Kier alpha value is -1.54. The van der Waals surface area contributed by atoms with Gasteiger partial charge < -0.3 is 5.32 Å². The number of carbonyl (C=O) groups is 1. The van der Waals surface area contributed by atoms with E-state index in [0.29, 0.717) is 5.02 Å². The number of aryl methyl sites for hydroxylation is 2. The maximum atomic E-state index is 12.8. The van der Waals surface area contributed by atoms with Crippen LogP contribution in [0.5, 0.6) is 0 Å². The van der Waals surface area contributed by atoms with Gasteiger partial charge in [-0.25, -0.2) is 8.42 Å². The van der Waals surface area contributed by atoms with Gasteiger partial charge in [0.1, 0.15) is 0 Å². The zero-order valence-corrected chi connectivity index (χ0v) is 18.4. The fraction of sp³-hybridized carbons (Fsp3) is 0.350. The van der Waals surface area contributed by atoms with E-state index < -0.39 is 10.0 Å². The van der Waals surface area contributed by atoms with E-state index in [2.05, 4.69) is 5.32 Å². The van der Waals surface area contributed by atoms with Crippen LogP contribution >= 0.6 is 23.4 Å². The normalized spacial score (nSPS) is 16.7. The number of rotatable bonds is 5. The van der Waals surface area contributed by atoms with Gasteiger partial charge >= 0.3 is 0 Å². The van der Waals surface area contributed by atoms with Crippen molar-refractivity contribution in [2.45, 2.75) is 36.1 Å². The first-order valence-electron chi connectivity index (χ1n) is 8.93. The summed E-state index contributed by atoms with van der Waals surface area (Å²) in [5.74, 6) is 0.550. The molecule has 150 valence electrons. The molecule has 1 aliphatic heterocycles. The molecule has 1 unspecified atom stereocenters. The number of hydrogen-bond donors (Lipinski definition) is 1. The van der Waals surface area contributed by atoms with Crippen LogP contribution < -0.4 is 5.32 Å². The molecule has 5 nitrogen and oxygen atoms in total. The van der Waals surface area contributed by atoms with Gasteiger partial charge in [-0.2, -0.15) is 4.31 Å². The molecule has 2 aromatic carbocycles. The van der Waals surface area contributed by atoms with Gasteiger partial charge in [0.2, 0.25) is 15.9 Å². The number of likely N-dealkylation sites (N-methyl/N-ethyl adjacent to an activating group) is 1. The lowest BCUT2D eigenvalue weighted by Gasteiger charge is -2.27. The summed E-state index contributed by atoms with van der Waals surface area (Å²) in [6, 6.07) is 10.5. The Labute approximate surface area is 175 Å². The Balaban J connectivity index is 1.71. The highest BCUT2D eigenvalue weighted by molar-refractivity contribution is 7.99. The number of benzene rings is 2. The summed E-state index contributed by atoms with van der Waals surface area (Å²) in [5.41, 5.74) is 2.90. The van der Waals surface area contributed by atoms with Gasteiger partial charge in [0.25, 0.3) is 0 Å². The molecule has 0 fully saturated rings. The molecule has 3 rings (SSSR count). The molecule has 0 aromatic heterocycles. The molecular weight excluding hydrogens is 416 g/mol. The van der Waals surface area contributed by atoms with Crippen LogP contribution in [-0.2, 0) is 14.8 Å². The van der Waals surface area contributed by atoms with Crippen molar-refractivity contribution >= 4 is 39.3 Å². The number of hydrogen-bond acceptors (Lipinski definition) is 4. The van der Waals surface area contributed by atoms with Crippen molar-refractivity contribution in [2.75, 3.05) is 19.3 Å². The third kappa shape index (κ3) is 4.54. The highest BCUT2D eigenvalue weighted by Gasteiger charge is 2.26. The number of sulfonamides is 1. The summed E-state index contributed by atoms with van der Waals surface area (Å²) in [7, 11) is -2.31. The van der Waals surface area contributed by atoms with E-state index >= 15 is 0 Å². The smallest absolute Gasteiger partial charge is 0.243 e.